The van der Waals surface area contributed by atoms with Crippen LogP contribution in [0.25, 0.3) is 0 Å². The number of carbonyl (C=O) groups excluding carboxylic acids is 1. The highest BCUT2D eigenvalue weighted by Gasteiger charge is 2.17. The number of rotatable bonds is 3. The number of nitrogens with zero attached hydrogens (tertiary/aromatic N) is 1. The van der Waals surface area contributed by atoms with Gasteiger partial charge < -0.3 is 10.0 Å². The van der Waals surface area contributed by atoms with Gasteiger partial charge in [0.25, 0.3) is 5.91 Å². The van der Waals surface area contributed by atoms with Gasteiger partial charge in [-0.2, -0.15) is 0 Å². The van der Waals surface area contributed by atoms with Crippen LogP contribution in [-0.2, 0) is 0 Å². The summed E-state index contributed by atoms with van der Waals surface area (Å²) in [5.74, 6) is 0.982. The van der Waals surface area contributed by atoms with Crippen molar-refractivity contribution in [3.05, 3.63) is 29.6 Å². The summed E-state index contributed by atoms with van der Waals surface area (Å²) in [5, 5.41) is 9.44. The lowest BCUT2D eigenvalue weighted by Gasteiger charge is -2.18. The first-order valence-corrected chi connectivity index (χ1v) is 4.81. The van der Waals surface area contributed by atoms with Gasteiger partial charge in [-0.25, -0.2) is 4.39 Å². The van der Waals surface area contributed by atoms with Crippen molar-refractivity contribution in [2.24, 2.45) is 0 Å². The summed E-state index contributed by atoms with van der Waals surface area (Å²) < 4.78 is 12.7. The molecule has 0 atom stereocenters. The first-order chi connectivity index (χ1) is 7.60. The monoisotopic (exact) mass is 221 g/mol. The van der Waals surface area contributed by atoms with E-state index in [9.17, 15) is 14.3 Å². The number of hydrogen-bond donors (Lipinski definition) is 1. The van der Waals surface area contributed by atoms with E-state index in [1.54, 1.807) is 6.92 Å². The summed E-state index contributed by atoms with van der Waals surface area (Å²) in [5.41, 5.74) is 0.0542. The molecule has 0 saturated heterocycles. The second-order valence-corrected chi connectivity index (χ2v) is 3.18. The third-order valence-corrected chi connectivity index (χ3v) is 2.14. The van der Waals surface area contributed by atoms with Gasteiger partial charge in [0, 0.05) is 12.6 Å². The Bertz CT molecular complexity index is 437. The Morgan fingerprint density at radius 1 is 1.62 bits per heavy atom. The van der Waals surface area contributed by atoms with Gasteiger partial charge in [-0.15, -0.1) is 6.42 Å². The summed E-state index contributed by atoms with van der Waals surface area (Å²) in [7, 11) is 0. The zero-order chi connectivity index (χ0) is 12.1. The Hall–Kier alpha value is -2.02. The maximum atomic E-state index is 12.7. The zero-order valence-corrected chi connectivity index (χ0v) is 8.90. The molecule has 1 aromatic carbocycles. The first-order valence-electron chi connectivity index (χ1n) is 4.81. The number of phenolic OH excluding ortho intramolecular Hbond substituents is 1. The van der Waals surface area contributed by atoms with E-state index in [1.807, 2.05) is 0 Å². The van der Waals surface area contributed by atoms with Crippen LogP contribution >= 0.6 is 0 Å². The number of aromatic hydroxyl groups is 1. The number of halogens is 1. The standard InChI is InChI=1S/C12H12FNO2/c1-3-7-14(4-2)12(16)10-6-5-9(13)8-11(10)15/h1,5-6,8,15H,4,7H2,2H3. The molecule has 0 radical (unpaired) electrons. The fourth-order valence-electron chi connectivity index (χ4n) is 1.29. The minimum Gasteiger partial charge on any atom is -0.507 e. The summed E-state index contributed by atoms with van der Waals surface area (Å²) in [4.78, 5) is 13.2. The number of terminal acetylenes is 1. The first kappa shape index (κ1) is 12.1. The van der Waals surface area contributed by atoms with Gasteiger partial charge >= 0.3 is 0 Å². The molecule has 0 fully saturated rings. The Labute approximate surface area is 93.5 Å². The van der Waals surface area contributed by atoms with Crippen LogP contribution < -0.4 is 0 Å². The summed E-state index contributed by atoms with van der Waals surface area (Å²) in [6, 6.07) is 3.26. The Morgan fingerprint density at radius 2 is 2.31 bits per heavy atom. The highest BCUT2D eigenvalue weighted by Crippen LogP contribution is 2.19. The van der Waals surface area contributed by atoms with Crippen molar-refractivity contribution in [3.63, 3.8) is 0 Å². The maximum Gasteiger partial charge on any atom is 0.258 e. The molecule has 0 unspecified atom stereocenters. The van der Waals surface area contributed by atoms with Crippen LogP contribution in [0.2, 0.25) is 0 Å². The molecule has 16 heavy (non-hydrogen) atoms. The smallest absolute Gasteiger partial charge is 0.258 e. The third kappa shape index (κ3) is 2.51. The topological polar surface area (TPSA) is 40.5 Å². The molecule has 0 bridgehead atoms. The van der Waals surface area contributed by atoms with E-state index >= 15 is 0 Å². The molecular formula is C12H12FNO2. The predicted molar refractivity (Wildman–Crippen MR) is 58.5 cm³/mol. The Morgan fingerprint density at radius 3 is 2.81 bits per heavy atom. The van der Waals surface area contributed by atoms with Gasteiger partial charge in [0.2, 0.25) is 0 Å². The lowest BCUT2D eigenvalue weighted by molar-refractivity contribution is 0.0782. The number of carbonyl (C=O) groups is 1. The van der Waals surface area contributed by atoms with Crippen molar-refractivity contribution in [1.82, 2.24) is 4.90 Å². The van der Waals surface area contributed by atoms with Gasteiger partial charge in [0.1, 0.15) is 11.6 Å². The highest BCUT2D eigenvalue weighted by molar-refractivity contribution is 5.96. The molecule has 84 valence electrons. The van der Waals surface area contributed by atoms with Gasteiger partial charge in [0.15, 0.2) is 0 Å². The molecule has 1 aromatic rings. The fraction of sp³-hybridized carbons (Fsp3) is 0.250. The largest absolute Gasteiger partial charge is 0.507 e. The highest BCUT2D eigenvalue weighted by atomic mass is 19.1. The van der Waals surface area contributed by atoms with Crippen LogP contribution in [0.3, 0.4) is 0 Å². The molecule has 0 aromatic heterocycles. The quantitative estimate of drug-likeness (QED) is 0.788. The molecule has 1 N–H and O–H groups in total. The second kappa shape index (κ2) is 5.17. The van der Waals surface area contributed by atoms with E-state index in [2.05, 4.69) is 5.92 Å². The molecule has 3 nitrogen and oxygen atoms in total. The van der Waals surface area contributed by atoms with Crippen LogP contribution in [-0.4, -0.2) is 29.0 Å². The lowest BCUT2D eigenvalue weighted by Crippen LogP contribution is -2.31. The number of hydrogen-bond acceptors (Lipinski definition) is 2. The van der Waals surface area contributed by atoms with Crippen molar-refractivity contribution < 1.29 is 14.3 Å². The molecule has 0 heterocycles. The van der Waals surface area contributed by atoms with Gasteiger partial charge in [-0.05, 0) is 19.1 Å². The van der Waals surface area contributed by atoms with Crippen LogP contribution in [0.15, 0.2) is 18.2 Å². The molecule has 0 saturated carbocycles. The fourth-order valence-corrected chi connectivity index (χ4v) is 1.29. The average Bonchev–Trinajstić information content (AvgIpc) is 2.25. The number of phenols is 1. The molecule has 4 heteroatoms. The minimum absolute atomic E-state index is 0.0542. The van der Waals surface area contributed by atoms with E-state index < -0.39 is 11.7 Å². The molecule has 1 rings (SSSR count). The van der Waals surface area contributed by atoms with Crippen molar-refractivity contribution in [2.75, 3.05) is 13.1 Å². The SMILES string of the molecule is C#CCN(CC)C(=O)c1ccc(F)cc1O. The molecule has 0 aliphatic carbocycles. The normalized spacial score (nSPS) is 9.56. The van der Waals surface area contributed by atoms with Crippen molar-refractivity contribution >= 4 is 5.91 Å². The van der Waals surface area contributed by atoms with Crippen LogP contribution in [0, 0.1) is 18.2 Å². The molecule has 0 aliphatic heterocycles. The summed E-state index contributed by atoms with van der Waals surface area (Å²) in [6.07, 6.45) is 5.12. The number of amides is 1. The van der Waals surface area contributed by atoms with Gasteiger partial charge in [0.05, 0.1) is 12.1 Å². The van der Waals surface area contributed by atoms with Crippen molar-refractivity contribution in [2.45, 2.75) is 6.92 Å². The average molecular weight is 221 g/mol. The second-order valence-electron chi connectivity index (χ2n) is 3.18. The maximum absolute atomic E-state index is 12.7. The van der Waals surface area contributed by atoms with Gasteiger partial charge in [-0.3, -0.25) is 4.79 Å². The summed E-state index contributed by atoms with van der Waals surface area (Å²) in [6.45, 7) is 2.36. The van der Waals surface area contributed by atoms with E-state index in [4.69, 9.17) is 6.42 Å². The molecular weight excluding hydrogens is 209 g/mol. The zero-order valence-electron chi connectivity index (χ0n) is 8.90. The third-order valence-electron chi connectivity index (χ3n) is 2.14. The van der Waals surface area contributed by atoms with Crippen LogP contribution in [0.4, 0.5) is 4.39 Å². The summed E-state index contributed by atoms with van der Waals surface area (Å²) >= 11 is 0. The molecule has 0 aliphatic rings. The van der Waals surface area contributed by atoms with Crippen LogP contribution in [0.1, 0.15) is 17.3 Å². The van der Waals surface area contributed by atoms with Crippen molar-refractivity contribution in [3.8, 4) is 18.1 Å². The van der Waals surface area contributed by atoms with E-state index in [1.165, 1.54) is 11.0 Å². The predicted octanol–water partition coefficient (Wildman–Crippen LogP) is 1.63. The Kier molecular flexibility index (Phi) is 3.90. The van der Waals surface area contributed by atoms with Gasteiger partial charge in [-0.1, -0.05) is 5.92 Å². The van der Waals surface area contributed by atoms with E-state index in [-0.39, 0.29) is 17.9 Å². The minimum atomic E-state index is -0.589. The van der Waals surface area contributed by atoms with Crippen molar-refractivity contribution in [1.29, 1.82) is 0 Å². The lowest BCUT2D eigenvalue weighted by atomic mass is 10.1. The van der Waals surface area contributed by atoms with E-state index in [0.717, 1.165) is 12.1 Å². The Balaban J connectivity index is 3.00. The number of benzene rings is 1. The van der Waals surface area contributed by atoms with E-state index in [0.29, 0.717) is 6.54 Å². The van der Waals surface area contributed by atoms with Crippen LogP contribution in [0.5, 0.6) is 5.75 Å². The molecule has 1 amide bonds. The molecule has 0 spiro atoms.